The standard InChI is InChI=1S/C22H27N5O/c1-16-12-17(2)14-19(13-16)27-21(24-25-26-27)22(10-5-4-6-11-22)23-18-8-7-9-20(15-18)28-3/h7-9,12-15,23H,4-6,10-11H2,1-3H3. The van der Waals surface area contributed by atoms with E-state index in [1.807, 2.05) is 22.9 Å². The Bertz CT molecular complexity index is 939. The van der Waals surface area contributed by atoms with Crippen molar-refractivity contribution in [3.8, 4) is 11.4 Å². The predicted molar refractivity (Wildman–Crippen MR) is 110 cm³/mol. The van der Waals surface area contributed by atoms with Crippen LogP contribution in [0.15, 0.2) is 42.5 Å². The van der Waals surface area contributed by atoms with Crippen LogP contribution in [0.4, 0.5) is 5.69 Å². The Morgan fingerprint density at radius 1 is 1.00 bits per heavy atom. The lowest BCUT2D eigenvalue weighted by Gasteiger charge is -2.37. The molecule has 1 aliphatic carbocycles. The zero-order valence-electron chi connectivity index (χ0n) is 16.8. The van der Waals surface area contributed by atoms with Crippen molar-refractivity contribution in [2.24, 2.45) is 0 Å². The van der Waals surface area contributed by atoms with Gasteiger partial charge in [0, 0.05) is 11.8 Å². The summed E-state index contributed by atoms with van der Waals surface area (Å²) in [6.07, 6.45) is 5.53. The quantitative estimate of drug-likeness (QED) is 0.706. The molecule has 1 heterocycles. The molecule has 0 bridgehead atoms. The Morgan fingerprint density at radius 3 is 2.46 bits per heavy atom. The minimum absolute atomic E-state index is 0.300. The van der Waals surface area contributed by atoms with Gasteiger partial charge in [-0.05, 0) is 72.5 Å². The lowest BCUT2D eigenvalue weighted by Crippen LogP contribution is -2.40. The molecule has 146 valence electrons. The van der Waals surface area contributed by atoms with Crippen molar-refractivity contribution < 1.29 is 4.74 Å². The summed E-state index contributed by atoms with van der Waals surface area (Å²) in [5.74, 6) is 1.71. The lowest BCUT2D eigenvalue weighted by atomic mass is 9.80. The molecule has 0 unspecified atom stereocenters. The molecular formula is C22H27N5O. The minimum Gasteiger partial charge on any atom is -0.497 e. The third kappa shape index (κ3) is 3.59. The Kier molecular flexibility index (Phi) is 5.03. The number of nitrogens with zero attached hydrogens (tertiary/aromatic N) is 4. The van der Waals surface area contributed by atoms with Gasteiger partial charge in [-0.25, -0.2) is 0 Å². The van der Waals surface area contributed by atoms with Gasteiger partial charge < -0.3 is 10.1 Å². The van der Waals surface area contributed by atoms with Crippen LogP contribution in [0.5, 0.6) is 5.75 Å². The number of benzene rings is 2. The van der Waals surface area contributed by atoms with Crippen molar-refractivity contribution in [3.05, 3.63) is 59.4 Å². The summed E-state index contributed by atoms with van der Waals surface area (Å²) in [6, 6.07) is 14.5. The molecule has 28 heavy (non-hydrogen) atoms. The molecule has 0 radical (unpaired) electrons. The van der Waals surface area contributed by atoms with Gasteiger partial charge in [-0.2, -0.15) is 4.68 Å². The molecule has 1 aromatic heterocycles. The fourth-order valence-corrected chi connectivity index (χ4v) is 4.27. The number of rotatable bonds is 5. The van der Waals surface area contributed by atoms with E-state index < -0.39 is 0 Å². The normalized spacial score (nSPS) is 16.0. The molecule has 0 spiro atoms. The van der Waals surface area contributed by atoms with E-state index in [-0.39, 0.29) is 5.54 Å². The van der Waals surface area contributed by atoms with Crippen LogP contribution >= 0.6 is 0 Å². The number of aryl methyl sites for hydroxylation is 2. The van der Waals surface area contributed by atoms with Crippen LogP contribution in [0.2, 0.25) is 0 Å². The zero-order chi connectivity index (χ0) is 19.6. The van der Waals surface area contributed by atoms with Crippen LogP contribution in [0.25, 0.3) is 5.69 Å². The summed E-state index contributed by atoms with van der Waals surface area (Å²) in [6.45, 7) is 4.21. The second-order valence-corrected chi connectivity index (χ2v) is 7.76. The number of ether oxygens (including phenoxy) is 1. The predicted octanol–water partition coefficient (Wildman–Crippen LogP) is 4.56. The number of anilines is 1. The SMILES string of the molecule is COc1cccc(NC2(c3nnnn3-c3cc(C)cc(C)c3)CCCCC2)c1. The van der Waals surface area contributed by atoms with Gasteiger partial charge in [-0.3, -0.25) is 0 Å². The molecule has 1 N–H and O–H groups in total. The highest BCUT2D eigenvalue weighted by Gasteiger charge is 2.39. The van der Waals surface area contributed by atoms with Crippen LogP contribution < -0.4 is 10.1 Å². The maximum absolute atomic E-state index is 5.40. The summed E-state index contributed by atoms with van der Waals surface area (Å²) in [5, 5.41) is 16.7. The highest BCUT2D eigenvalue weighted by Crippen LogP contribution is 2.40. The van der Waals surface area contributed by atoms with Crippen molar-refractivity contribution in [2.45, 2.75) is 51.5 Å². The number of aromatic nitrogens is 4. The van der Waals surface area contributed by atoms with E-state index in [9.17, 15) is 0 Å². The van der Waals surface area contributed by atoms with Crippen LogP contribution in [0, 0.1) is 13.8 Å². The molecule has 1 aliphatic rings. The average Bonchev–Trinajstić information content (AvgIpc) is 3.19. The Hall–Kier alpha value is -2.89. The van der Waals surface area contributed by atoms with E-state index in [0.29, 0.717) is 0 Å². The van der Waals surface area contributed by atoms with Crippen molar-refractivity contribution in [1.29, 1.82) is 0 Å². The summed E-state index contributed by atoms with van der Waals surface area (Å²) in [4.78, 5) is 0. The number of methoxy groups -OCH3 is 1. The van der Waals surface area contributed by atoms with E-state index in [2.05, 4.69) is 59.0 Å². The van der Waals surface area contributed by atoms with Gasteiger partial charge in [0.1, 0.15) is 5.75 Å². The largest absolute Gasteiger partial charge is 0.497 e. The molecular weight excluding hydrogens is 350 g/mol. The molecule has 0 aliphatic heterocycles. The fourth-order valence-electron chi connectivity index (χ4n) is 4.27. The first-order valence-electron chi connectivity index (χ1n) is 9.89. The molecule has 1 fully saturated rings. The summed E-state index contributed by atoms with van der Waals surface area (Å²) < 4.78 is 7.30. The molecule has 0 saturated heterocycles. The van der Waals surface area contributed by atoms with E-state index in [1.165, 1.54) is 17.5 Å². The van der Waals surface area contributed by atoms with Crippen LogP contribution in [0.3, 0.4) is 0 Å². The molecule has 6 nitrogen and oxygen atoms in total. The molecule has 1 saturated carbocycles. The molecule has 0 amide bonds. The third-order valence-corrected chi connectivity index (χ3v) is 5.51. The molecule has 3 aromatic rings. The van der Waals surface area contributed by atoms with Gasteiger partial charge in [0.25, 0.3) is 0 Å². The maximum Gasteiger partial charge on any atom is 0.181 e. The van der Waals surface area contributed by atoms with E-state index in [0.717, 1.165) is 48.6 Å². The van der Waals surface area contributed by atoms with Crippen LogP contribution in [0.1, 0.15) is 49.1 Å². The fraction of sp³-hybridized carbons (Fsp3) is 0.409. The van der Waals surface area contributed by atoms with Crippen LogP contribution in [-0.2, 0) is 5.54 Å². The maximum atomic E-state index is 5.40. The molecule has 2 aromatic carbocycles. The van der Waals surface area contributed by atoms with Crippen molar-refractivity contribution in [3.63, 3.8) is 0 Å². The summed E-state index contributed by atoms with van der Waals surface area (Å²) in [5.41, 5.74) is 4.14. The third-order valence-electron chi connectivity index (χ3n) is 5.51. The van der Waals surface area contributed by atoms with Gasteiger partial charge in [-0.1, -0.05) is 31.4 Å². The average molecular weight is 377 g/mol. The van der Waals surface area contributed by atoms with Crippen LogP contribution in [-0.4, -0.2) is 27.3 Å². The molecule has 4 rings (SSSR count). The van der Waals surface area contributed by atoms with Gasteiger partial charge in [0.15, 0.2) is 5.82 Å². The second-order valence-electron chi connectivity index (χ2n) is 7.76. The first kappa shape index (κ1) is 18.5. The summed E-state index contributed by atoms with van der Waals surface area (Å²) >= 11 is 0. The highest BCUT2D eigenvalue weighted by atomic mass is 16.5. The van der Waals surface area contributed by atoms with Crippen molar-refractivity contribution in [2.75, 3.05) is 12.4 Å². The van der Waals surface area contributed by atoms with Gasteiger partial charge in [-0.15, -0.1) is 5.10 Å². The first-order chi connectivity index (χ1) is 13.6. The number of hydrogen-bond acceptors (Lipinski definition) is 5. The summed E-state index contributed by atoms with van der Waals surface area (Å²) in [7, 11) is 1.69. The first-order valence-corrected chi connectivity index (χ1v) is 9.89. The Balaban J connectivity index is 1.77. The topological polar surface area (TPSA) is 64.9 Å². The minimum atomic E-state index is -0.300. The van der Waals surface area contributed by atoms with E-state index >= 15 is 0 Å². The van der Waals surface area contributed by atoms with Gasteiger partial charge >= 0.3 is 0 Å². The molecule has 0 atom stereocenters. The Labute approximate surface area is 165 Å². The van der Waals surface area contributed by atoms with Gasteiger partial charge in [0.2, 0.25) is 0 Å². The second kappa shape index (κ2) is 7.62. The number of tetrazole rings is 1. The van der Waals surface area contributed by atoms with Crippen molar-refractivity contribution >= 4 is 5.69 Å². The Morgan fingerprint density at radius 2 is 1.75 bits per heavy atom. The van der Waals surface area contributed by atoms with E-state index in [1.54, 1.807) is 7.11 Å². The number of nitrogens with one attached hydrogen (secondary N) is 1. The zero-order valence-corrected chi connectivity index (χ0v) is 16.8. The lowest BCUT2D eigenvalue weighted by molar-refractivity contribution is 0.309. The van der Waals surface area contributed by atoms with Gasteiger partial charge in [0.05, 0.1) is 18.3 Å². The smallest absolute Gasteiger partial charge is 0.181 e. The highest BCUT2D eigenvalue weighted by molar-refractivity contribution is 5.51. The monoisotopic (exact) mass is 377 g/mol. The molecule has 6 heteroatoms. The van der Waals surface area contributed by atoms with E-state index in [4.69, 9.17) is 4.74 Å². The number of hydrogen-bond donors (Lipinski definition) is 1. The van der Waals surface area contributed by atoms with Crippen molar-refractivity contribution in [1.82, 2.24) is 20.2 Å².